The van der Waals surface area contributed by atoms with Crippen molar-refractivity contribution in [3.63, 3.8) is 0 Å². The number of Topliss-reactive ketones (excluding diaryl/α,β-unsaturated/α-hetero) is 2. The van der Waals surface area contributed by atoms with Crippen molar-refractivity contribution in [2.45, 2.75) is 63.8 Å². The maximum absolute atomic E-state index is 13.1. The number of likely N-dealkylation sites (tertiary alicyclic amines) is 1. The highest BCUT2D eigenvalue weighted by Gasteiger charge is 2.40. The minimum atomic E-state index is -0.527. The summed E-state index contributed by atoms with van der Waals surface area (Å²) < 4.78 is 6.18. The minimum absolute atomic E-state index is 0.0424. The van der Waals surface area contributed by atoms with Crippen molar-refractivity contribution in [1.29, 1.82) is 0 Å². The summed E-state index contributed by atoms with van der Waals surface area (Å²) in [5.74, 6) is 0.905. The Hall–Kier alpha value is -3.48. The van der Waals surface area contributed by atoms with Crippen molar-refractivity contribution in [1.82, 2.24) is 9.80 Å². The largest absolute Gasteiger partial charge is 0.489 e. The number of fused-ring (bicyclic) bond motifs is 1. The molecular weight excluding hydrogens is 524 g/mol. The first-order valence-corrected chi connectivity index (χ1v) is 14.5. The van der Waals surface area contributed by atoms with Crippen molar-refractivity contribution >= 4 is 29.1 Å². The van der Waals surface area contributed by atoms with Crippen molar-refractivity contribution in [3.05, 3.63) is 99.6 Å². The second kappa shape index (κ2) is 11.6. The number of hydrogen-bond acceptors (Lipinski definition) is 5. The summed E-state index contributed by atoms with van der Waals surface area (Å²) in [5, 5.41) is 0.788. The number of benzene rings is 3. The van der Waals surface area contributed by atoms with Gasteiger partial charge in [-0.05, 0) is 79.2 Å². The predicted octanol–water partition coefficient (Wildman–Crippen LogP) is 5.95. The molecule has 2 aliphatic heterocycles. The number of ether oxygens (including phenoxy) is 1. The molecule has 6 rings (SSSR count). The number of carbonyl (C=O) groups is 3. The third-order valence-electron chi connectivity index (χ3n) is 8.52. The van der Waals surface area contributed by atoms with Gasteiger partial charge in [-0.3, -0.25) is 19.3 Å². The molecule has 6 nitrogen and oxygen atoms in total. The van der Waals surface area contributed by atoms with Crippen LogP contribution in [0.15, 0.2) is 66.7 Å². The van der Waals surface area contributed by atoms with Crippen molar-refractivity contribution in [2.24, 2.45) is 0 Å². The van der Waals surface area contributed by atoms with Gasteiger partial charge < -0.3 is 9.64 Å². The van der Waals surface area contributed by atoms with E-state index in [4.69, 9.17) is 16.3 Å². The second-order valence-electron chi connectivity index (χ2n) is 11.2. The number of ketones is 2. The van der Waals surface area contributed by atoms with Crippen LogP contribution in [0.25, 0.3) is 0 Å². The van der Waals surface area contributed by atoms with Gasteiger partial charge in [-0.15, -0.1) is 0 Å². The zero-order valence-electron chi connectivity index (χ0n) is 22.5. The molecule has 206 valence electrons. The molecule has 1 saturated heterocycles. The maximum atomic E-state index is 13.1. The summed E-state index contributed by atoms with van der Waals surface area (Å²) >= 11 is 6.04. The Morgan fingerprint density at radius 2 is 1.57 bits per heavy atom. The maximum Gasteiger partial charge on any atom is 0.255 e. The van der Waals surface area contributed by atoms with Gasteiger partial charge in [0.05, 0.1) is 19.0 Å². The van der Waals surface area contributed by atoms with Crippen molar-refractivity contribution in [2.75, 3.05) is 13.1 Å². The van der Waals surface area contributed by atoms with Gasteiger partial charge in [0.15, 0.2) is 5.78 Å². The summed E-state index contributed by atoms with van der Waals surface area (Å²) in [4.78, 5) is 41.3. The van der Waals surface area contributed by atoms with Crippen LogP contribution in [0.4, 0.5) is 0 Å². The summed E-state index contributed by atoms with van der Waals surface area (Å²) in [6.45, 7) is 3.83. The normalized spacial score (nSPS) is 20.2. The molecule has 3 aliphatic rings. The van der Waals surface area contributed by atoms with Gasteiger partial charge in [0.2, 0.25) is 0 Å². The molecule has 7 heteroatoms. The molecule has 1 aliphatic carbocycles. The second-order valence-corrected chi connectivity index (χ2v) is 11.6. The first-order chi connectivity index (χ1) is 19.4. The van der Waals surface area contributed by atoms with Crippen LogP contribution < -0.4 is 4.74 Å². The highest BCUT2D eigenvalue weighted by Crippen LogP contribution is 2.35. The lowest BCUT2D eigenvalue weighted by molar-refractivity contribution is -0.133. The van der Waals surface area contributed by atoms with Gasteiger partial charge in [-0.2, -0.15) is 0 Å². The third kappa shape index (κ3) is 5.70. The molecule has 0 spiro atoms. The van der Waals surface area contributed by atoms with Crippen LogP contribution in [0.5, 0.6) is 5.75 Å². The van der Waals surface area contributed by atoms with Gasteiger partial charge in [0.1, 0.15) is 18.1 Å². The van der Waals surface area contributed by atoms with E-state index in [0.29, 0.717) is 43.2 Å². The SMILES string of the molecule is O=C1CCC(N2Cc3c(OCc4ccc(CN5CCC(c6ccc(Cl)cc6)CC5)cc4)cccc3C2=O)C(=O)C1. The van der Waals surface area contributed by atoms with E-state index in [1.165, 1.54) is 11.1 Å². The average Bonchev–Trinajstić information content (AvgIpc) is 3.30. The van der Waals surface area contributed by atoms with E-state index in [-0.39, 0.29) is 23.9 Å². The fourth-order valence-electron chi connectivity index (χ4n) is 6.22. The molecule has 0 N–H and O–H groups in total. The van der Waals surface area contributed by atoms with Gasteiger partial charge >= 0.3 is 0 Å². The lowest BCUT2D eigenvalue weighted by Gasteiger charge is -2.32. The molecule has 0 aromatic heterocycles. The van der Waals surface area contributed by atoms with Gasteiger partial charge in [-0.1, -0.05) is 54.1 Å². The zero-order valence-corrected chi connectivity index (χ0v) is 23.2. The topological polar surface area (TPSA) is 66.9 Å². The molecular formula is C33H33ClN2O4. The Bertz CT molecular complexity index is 1410. The van der Waals surface area contributed by atoms with Gasteiger partial charge in [0.25, 0.3) is 5.91 Å². The molecule has 1 unspecified atom stereocenters. The summed E-state index contributed by atoms with van der Waals surface area (Å²) in [7, 11) is 0. The summed E-state index contributed by atoms with van der Waals surface area (Å²) in [6.07, 6.45) is 2.98. The number of rotatable bonds is 7. The van der Waals surface area contributed by atoms with E-state index in [9.17, 15) is 14.4 Å². The molecule has 2 heterocycles. The number of hydrogen-bond donors (Lipinski definition) is 0. The molecule has 1 atom stereocenters. The number of carbonyl (C=O) groups excluding carboxylic acids is 3. The Balaban J connectivity index is 1.03. The van der Waals surface area contributed by atoms with E-state index in [2.05, 4.69) is 41.3 Å². The van der Waals surface area contributed by atoms with Crippen LogP contribution in [0.1, 0.15) is 70.6 Å². The van der Waals surface area contributed by atoms with Crippen LogP contribution in [0.2, 0.25) is 5.02 Å². The lowest BCUT2D eigenvalue weighted by atomic mass is 9.89. The first-order valence-electron chi connectivity index (χ1n) is 14.1. The van der Waals surface area contributed by atoms with Gasteiger partial charge in [0, 0.05) is 29.1 Å². The fraction of sp³-hybridized carbons (Fsp3) is 0.364. The number of piperidine rings is 1. The van der Waals surface area contributed by atoms with E-state index in [1.807, 2.05) is 24.3 Å². The van der Waals surface area contributed by atoms with Crippen LogP contribution >= 0.6 is 11.6 Å². The van der Waals surface area contributed by atoms with Crippen LogP contribution in [0.3, 0.4) is 0 Å². The monoisotopic (exact) mass is 556 g/mol. The molecule has 1 saturated carbocycles. The lowest BCUT2D eigenvalue weighted by Crippen LogP contribution is -2.44. The summed E-state index contributed by atoms with van der Waals surface area (Å²) in [6, 6.07) is 21.8. The third-order valence-corrected chi connectivity index (χ3v) is 8.77. The van der Waals surface area contributed by atoms with Crippen LogP contribution in [0, 0.1) is 0 Å². The highest BCUT2D eigenvalue weighted by molar-refractivity contribution is 6.30. The Morgan fingerprint density at radius 1 is 0.850 bits per heavy atom. The first kappa shape index (κ1) is 26.7. The van der Waals surface area contributed by atoms with Crippen LogP contribution in [-0.2, 0) is 29.3 Å². The average molecular weight is 557 g/mol. The van der Waals surface area contributed by atoms with Crippen LogP contribution in [-0.4, -0.2) is 46.4 Å². The van der Waals surface area contributed by atoms with E-state index >= 15 is 0 Å². The molecule has 3 aromatic rings. The Kier molecular flexibility index (Phi) is 7.72. The molecule has 0 bridgehead atoms. The van der Waals surface area contributed by atoms with E-state index in [1.54, 1.807) is 11.0 Å². The highest BCUT2D eigenvalue weighted by atomic mass is 35.5. The molecule has 1 amide bonds. The molecule has 2 fully saturated rings. The molecule has 3 aromatic carbocycles. The number of amides is 1. The van der Waals surface area contributed by atoms with Gasteiger partial charge in [-0.25, -0.2) is 0 Å². The van der Waals surface area contributed by atoms with E-state index in [0.717, 1.165) is 48.6 Å². The van der Waals surface area contributed by atoms with Crippen molar-refractivity contribution < 1.29 is 19.1 Å². The number of halogens is 1. The zero-order chi connectivity index (χ0) is 27.6. The summed E-state index contributed by atoms with van der Waals surface area (Å²) in [5.41, 5.74) is 5.12. The van der Waals surface area contributed by atoms with E-state index < -0.39 is 6.04 Å². The fourth-order valence-corrected chi connectivity index (χ4v) is 6.35. The Morgan fingerprint density at radius 3 is 2.30 bits per heavy atom. The minimum Gasteiger partial charge on any atom is -0.489 e. The standard InChI is InChI=1S/C33H33ClN2O4/c34-26-10-8-24(9-11-26)25-14-16-35(17-15-25)19-22-4-6-23(7-5-22)21-40-32-3-1-2-28-29(32)20-36(33(28)39)30-13-12-27(37)18-31(30)38/h1-11,25,30H,12-21H2. The Labute approximate surface area is 239 Å². The van der Waals surface area contributed by atoms with Crippen molar-refractivity contribution in [3.8, 4) is 5.75 Å². The number of nitrogens with zero attached hydrogens (tertiary/aromatic N) is 2. The predicted molar refractivity (Wildman–Crippen MR) is 153 cm³/mol. The molecule has 40 heavy (non-hydrogen) atoms. The quantitative estimate of drug-likeness (QED) is 0.337. The smallest absolute Gasteiger partial charge is 0.255 e. The molecule has 0 radical (unpaired) electrons.